The van der Waals surface area contributed by atoms with Crippen molar-refractivity contribution in [3.8, 4) is 0 Å². The first-order valence-corrected chi connectivity index (χ1v) is 6.34. The highest BCUT2D eigenvalue weighted by Crippen LogP contribution is 2.04. The molecule has 2 heteroatoms. The first kappa shape index (κ1) is 11.6. The van der Waals surface area contributed by atoms with E-state index in [1.165, 1.54) is 30.5 Å². The monoisotopic (exact) mass is 218 g/mol. The van der Waals surface area contributed by atoms with Crippen molar-refractivity contribution in [1.29, 1.82) is 0 Å². The Labute approximate surface area is 98.4 Å². The fraction of sp³-hybridized carbons (Fsp3) is 0.571. The zero-order valence-corrected chi connectivity index (χ0v) is 10.1. The van der Waals surface area contributed by atoms with Crippen LogP contribution in [-0.4, -0.2) is 25.7 Å². The largest absolute Gasteiger partial charge is 0.315 e. The van der Waals surface area contributed by atoms with Crippen molar-refractivity contribution in [3.05, 3.63) is 35.4 Å². The summed E-state index contributed by atoms with van der Waals surface area (Å²) in [5.41, 5.74) is 2.77. The normalized spacial score (nSPS) is 20.2. The Balaban J connectivity index is 1.62. The molecule has 0 bridgehead atoms. The number of hydrogen-bond donors (Lipinski definition) is 2. The van der Waals surface area contributed by atoms with E-state index in [0.29, 0.717) is 6.04 Å². The molecule has 0 amide bonds. The predicted molar refractivity (Wildman–Crippen MR) is 68.8 cm³/mol. The standard InChI is InChI=1S/C14H22N2/c1-12-4-6-13(7-5-12)8-10-15-11-14-3-2-9-16-14/h4-7,14-16H,2-3,8-11H2,1H3. The third-order valence-electron chi connectivity index (χ3n) is 3.26. The lowest BCUT2D eigenvalue weighted by Crippen LogP contribution is -2.34. The van der Waals surface area contributed by atoms with Crippen LogP contribution in [0.15, 0.2) is 24.3 Å². The zero-order valence-electron chi connectivity index (χ0n) is 10.1. The third kappa shape index (κ3) is 3.62. The van der Waals surface area contributed by atoms with Crippen LogP contribution in [0.1, 0.15) is 24.0 Å². The topological polar surface area (TPSA) is 24.1 Å². The summed E-state index contributed by atoms with van der Waals surface area (Å²) in [4.78, 5) is 0. The van der Waals surface area contributed by atoms with E-state index >= 15 is 0 Å². The molecule has 2 nitrogen and oxygen atoms in total. The predicted octanol–water partition coefficient (Wildman–Crippen LogP) is 1.88. The third-order valence-corrected chi connectivity index (χ3v) is 3.26. The molecule has 1 aliphatic heterocycles. The van der Waals surface area contributed by atoms with Gasteiger partial charge < -0.3 is 10.6 Å². The van der Waals surface area contributed by atoms with E-state index in [0.717, 1.165) is 19.5 Å². The second-order valence-corrected chi connectivity index (χ2v) is 4.73. The summed E-state index contributed by atoms with van der Waals surface area (Å²) in [6, 6.07) is 9.54. The minimum atomic E-state index is 0.706. The van der Waals surface area contributed by atoms with Gasteiger partial charge in [0, 0.05) is 12.6 Å². The molecule has 1 aliphatic rings. The van der Waals surface area contributed by atoms with Crippen LogP contribution >= 0.6 is 0 Å². The zero-order chi connectivity index (χ0) is 11.2. The first-order valence-electron chi connectivity index (χ1n) is 6.34. The van der Waals surface area contributed by atoms with Crippen molar-refractivity contribution < 1.29 is 0 Å². The highest BCUT2D eigenvalue weighted by atomic mass is 15.0. The van der Waals surface area contributed by atoms with E-state index in [4.69, 9.17) is 0 Å². The van der Waals surface area contributed by atoms with E-state index in [2.05, 4.69) is 41.8 Å². The Hall–Kier alpha value is -0.860. The summed E-state index contributed by atoms with van der Waals surface area (Å²) in [5.74, 6) is 0. The second-order valence-electron chi connectivity index (χ2n) is 4.73. The van der Waals surface area contributed by atoms with Gasteiger partial charge >= 0.3 is 0 Å². The molecule has 1 heterocycles. The smallest absolute Gasteiger partial charge is 0.0192 e. The fourth-order valence-corrected chi connectivity index (χ4v) is 2.19. The summed E-state index contributed by atoms with van der Waals surface area (Å²) < 4.78 is 0. The quantitative estimate of drug-likeness (QED) is 0.737. The molecule has 1 aromatic rings. The molecule has 1 fully saturated rings. The number of hydrogen-bond acceptors (Lipinski definition) is 2. The summed E-state index contributed by atoms with van der Waals surface area (Å²) in [6.07, 6.45) is 3.80. The molecular formula is C14H22N2. The minimum Gasteiger partial charge on any atom is -0.315 e. The molecule has 1 unspecified atom stereocenters. The van der Waals surface area contributed by atoms with Crippen LogP contribution in [0.5, 0.6) is 0 Å². The Bertz CT molecular complexity index is 299. The average Bonchev–Trinajstić information content (AvgIpc) is 2.80. The summed E-state index contributed by atoms with van der Waals surface area (Å²) in [6.45, 7) is 5.53. The summed E-state index contributed by atoms with van der Waals surface area (Å²) in [5, 5.41) is 7.03. The van der Waals surface area contributed by atoms with Gasteiger partial charge in [-0.25, -0.2) is 0 Å². The fourth-order valence-electron chi connectivity index (χ4n) is 2.19. The molecule has 1 saturated heterocycles. The van der Waals surface area contributed by atoms with Gasteiger partial charge in [-0.1, -0.05) is 29.8 Å². The van der Waals surface area contributed by atoms with Crippen LogP contribution < -0.4 is 10.6 Å². The molecule has 0 spiro atoms. The van der Waals surface area contributed by atoms with Crippen molar-refractivity contribution >= 4 is 0 Å². The Kier molecular flexibility index (Phi) is 4.37. The lowest BCUT2D eigenvalue weighted by atomic mass is 10.1. The lowest BCUT2D eigenvalue weighted by molar-refractivity contribution is 0.537. The lowest BCUT2D eigenvalue weighted by Gasteiger charge is -2.11. The molecule has 1 aromatic carbocycles. The van der Waals surface area contributed by atoms with Crippen LogP contribution in [0.3, 0.4) is 0 Å². The van der Waals surface area contributed by atoms with E-state index in [1.807, 2.05) is 0 Å². The highest BCUT2D eigenvalue weighted by Gasteiger charge is 2.12. The minimum absolute atomic E-state index is 0.706. The average molecular weight is 218 g/mol. The highest BCUT2D eigenvalue weighted by molar-refractivity contribution is 5.21. The van der Waals surface area contributed by atoms with Crippen molar-refractivity contribution in [2.24, 2.45) is 0 Å². The van der Waals surface area contributed by atoms with Gasteiger partial charge in [-0.3, -0.25) is 0 Å². The number of nitrogens with one attached hydrogen (secondary N) is 2. The van der Waals surface area contributed by atoms with Gasteiger partial charge in [0.2, 0.25) is 0 Å². The Morgan fingerprint density at radius 3 is 2.81 bits per heavy atom. The molecule has 2 rings (SSSR count). The van der Waals surface area contributed by atoms with Gasteiger partial charge in [0.15, 0.2) is 0 Å². The van der Waals surface area contributed by atoms with Gasteiger partial charge in [-0.15, -0.1) is 0 Å². The molecule has 2 N–H and O–H groups in total. The van der Waals surface area contributed by atoms with Crippen molar-refractivity contribution in [2.45, 2.75) is 32.2 Å². The molecule has 0 aliphatic carbocycles. The SMILES string of the molecule is Cc1ccc(CCNCC2CCCN2)cc1. The van der Waals surface area contributed by atoms with Crippen LogP contribution in [0.2, 0.25) is 0 Å². The Morgan fingerprint density at radius 1 is 1.31 bits per heavy atom. The molecule has 1 atom stereocenters. The van der Waals surface area contributed by atoms with Crippen LogP contribution in [-0.2, 0) is 6.42 Å². The summed E-state index contributed by atoms with van der Waals surface area (Å²) in [7, 11) is 0. The summed E-state index contributed by atoms with van der Waals surface area (Å²) >= 11 is 0. The number of aryl methyl sites for hydroxylation is 1. The van der Waals surface area contributed by atoms with Crippen LogP contribution in [0, 0.1) is 6.92 Å². The van der Waals surface area contributed by atoms with E-state index in [-0.39, 0.29) is 0 Å². The van der Waals surface area contributed by atoms with Crippen molar-refractivity contribution in [3.63, 3.8) is 0 Å². The maximum Gasteiger partial charge on any atom is 0.0192 e. The van der Waals surface area contributed by atoms with Gasteiger partial charge in [0.05, 0.1) is 0 Å². The molecule has 0 radical (unpaired) electrons. The molecule has 0 aromatic heterocycles. The van der Waals surface area contributed by atoms with Crippen LogP contribution in [0.4, 0.5) is 0 Å². The molecular weight excluding hydrogens is 196 g/mol. The van der Waals surface area contributed by atoms with Crippen molar-refractivity contribution in [2.75, 3.05) is 19.6 Å². The number of benzene rings is 1. The van der Waals surface area contributed by atoms with E-state index in [9.17, 15) is 0 Å². The van der Waals surface area contributed by atoms with E-state index in [1.54, 1.807) is 0 Å². The number of rotatable bonds is 5. The molecule has 0 saturated carbocycles. The van der Waals surface area contributed by atoms with E-state index < -0.39 is 0 Å². The van der Waals surface area contributed by atoms with Gasteiger partial charge in [-0.2, -0.15) is 0 Å². The van der Waals surface area contributed by atoms with Gasteiger partial charge in [-0.05, 0) is 44.8 Å². The first-order chi connectivity index (χ1) is 7.84. The van der Waals surface area contributed by atoms with Gasteiger partial charge in [0.1, 0.15) is 0 Å². The van der Waals surface area contributed by atoms with Crippen LogP contribution in [0.25, 0.3) is 0 Å². The maximum atomic E-state index is 3.53. The second kappa shape index (κ2) is 6.02. The molecule has 16 heavy (non-hydrogen) atoms. The van der Waals surface area contributed by atoms with Crippen molar-refractivity contribution in [1.82, 2.24) is 10.6 Å². The molecule has 88 valence electrons. The maximum absolute atomic E-state index is 3.53. The van der Waals surface area contributed by atoms with Gasteiger partial charge in [0.25, 0.3) is 0 Å². The Morgan fingerprint density at radius 2 is 2.12 bits per heavy atom.